The molecule has 0 fully saturated rings. The Hall–Kier alpha value is -3.06. The number of allylic oxidation sites excluding steroid dienone is 1. The highest BCUT2D eigenvalue weighted by Gasteiger charge is 2.19. The number of hydrogen-bond acceptors (Lipinski definition) is 6. The Morgan fingerprint density at radius 2 is 2.07 bits per heavy atom. The molecule has 2 rings (SSSR count). The zero-order valence-electron chi connectivity index (χ0n) is 15.8. The van der Waals surface area contributed by atoms with Crippen LogP contribution in [0, 0.1) is 0 Å². The van der Waals surface area contributed by atoms with Crippen LogP contribution in [-0.4, -0.2) is 36.7 Å². The molecular formula is C20H21ClN2O5. The second-order valence-corrected chi connectivity index (χ2v) is 6.02. The molecule has 7 nitrogen and oxygen atoms in total. The van der Waals surface area contributed by atoms with Gasteiger partial charge in [0.25, 0.3) is 5.91 Å². The summed E-state index contributed by atoms with van der Waals surface area (Å²) in [6.07, 6.45) is 4.28. The van der Waals surface area contributed by atoms with E-state index >= 15 is 0 Å². The van der Waals surface area contributed by atoms with E-state index < -0.39 is 18.0 Å². The van der Waals surface area contributed by atoms with Crippen molar-refractivity contribution in [2.75, 3.05) is 19.0 Å². The lowest BCUT2D eigenvalue weighted by Gasteiger charge is -2.15. The molecule has 1 aromatic heterocycles. The Kier molecular flexibility index (Phi) is 7.83. The molecule has 1 atom stereocenters. The molecule has 0 aliphatic rings. The van der Waals surface area contributed by atoms with Gasteiger partial charge in [-0.3, -0.25) is 4.79 Å². The van der Waals surface area contributed by atoms with Crippen molar-refractivity contribution in [2.45, 2.75) is 20.0 Å². The first-order chi connectivity index (χ1) is 13.4. The average Bonchev–Trinajstić information content (AvgIpc) is 2.68. The summed E-state index contributed by atoms with van der Waals surface area (Å²) in [6.45, 7) is 2.99. The molecule has 0 spiro atoms. The zero-order chi connectivity index (χ0) is 20.5. The van der Waals surface area contributed by atoms with Crippen molar-refractivity contribution < 1.29 is 23.8 Å². The normalized spacial score (nSPS) is 11.7. The summed E-state index contributed by atoms with van der Waals surface area (Å²) in [5.74, 6) is -0.344. The number of anilines is 1. The Morgan fingerprint density at radius 1 is 1.29 bits per heavy atom. The van der Waals surface area contributed by atoms with Crippen molar-refractivity contribution in [3.8, 4) is 11.5 Å². The van der Waals surface area contributed by atoms with Crippen molar-refractivity contribution in [2.24, 2.45) is 0 Å². The summed E-state index contributed by atoms with van der Waals surface area (Å²) in [5.41, 5.74) is 1.27. The number of methoxy groups -OCH3 is 1. The summed E-state index contributed by atoms with van der Waals surface area (Å²) in [5, 5.41) is 2.69. The van der Waals surface area contributed by atoms with Gasteiger partial charge in [0.05, 0.1) is 12.8 Å². The molecule has 0 saturated heterocycles. The van der Waals surface area contributed by atoms with Crippen LogP contribution in [0.15, 0.2) is 42.6 Å². The number of esters is 1. The minimum Gasteiger partial charge on any atom is -0.493 e. The van der Waals surface area contributed by atoms with Gasteiger partial charge in [0.1, 0.15) is 0 Å². The van der Waals surface area contributed by atoms with E-state index in [0.717, 1.165) is 5.56 Å². The topological polar surface area (TPSA) is 86.8 Å². The SMILES string of the molecule is C/C=C/c1ccc(OCC(=O)O[C@H](C)C(=O)Nc2cccnc2Cl)c(OC)c1. The molecule has 8 heteroatoms. The second-order valence-electron chi connectivity index (χ2n) is 5.66. The Labute approximate surface area is 168 Å². The van der Waals surface area contributed by atoms with Crippen molar-refractivity contribution >= 4 is 35.2 Å². The zero-order valence-corrected chi connectivity index (χ0v) is 16.5. The summed E-state index contributed by atoms with van der Waals surface area (Å²) >= 11 is 5.89. The molecule has 0 radical (unpaired) electrons. The monoisotopic (exact) mass is 404 g/mol. The second kappa shape index (κ2) is 10.3. The van der Waals surface area contributed by atoms with Gasteiger partial charge in [-0.05, 0) is 43.7 Å². The minimum atomic E-state index is -1.04. The molecule has 1 amide bonds. The number of carbonyl (C=O) groups excluding carboxylic acids is 2. The maximum atomic E-state index is 12.1. The standard InChI is InChI=1S/C20H21ClN2O5/c1-4-6-14-8-9-16(17(11-14)26-3)27-12-18(24)28-13(2)20(25)23-15-7-5-10-22-19(15)21/h4-11,13H,12H2,1-3H3,(H,23,25)/b6-4+/t13-/m1/s1. The quantitative estimate of drug-likeness (QED) is 0.533. The number of amides is 1. The minimum absolute atomic E-state index is 0.145. The first-order valence-corrected chi connectivity index (χ1v) is 8.86. The summed E-state index contributed by atoms with van der Waals surface area (Å²) in [6, 6.07) is 8.53. The number of hydrogen-bond donors (Lipinski definition) is 1. The lowest BCUT2D eigenvalue weighted by atomic mass is 10.2. The lowest BCUT2D eigenvalue weighted by Crippen LogP contribution is -2.31. The van der Waals surface area contributed by atoms with Crippen LogP contribution in [0.5, 0.6) is 11.5 Å². The van der Waals surface area contributed by atoms with Gasteiger partial charge in [-0.1, -0.05) is 29.8 Å². The van der Waals surface area contributed by atoms with Crippen molar-refractivity contribution in [3.63, 3.8) is 0 Å². The fraction of sp³-hybridized carbons (Fsp3) is 0.250. The number of benzene rings is 1. The highest BCUT2D eigenvalue weighted by Crippen LogP contribution is 2.28. The maximum absolute atomic E-state index is 12.1. The van der Waals surface area contributed by atoms with Crippen LogP contribution in [0.2, 0.25) is 5.15 Å². The predicted molar refractivity (Wildman–Crippen MR) is 107 cm³/mol. The first-order valence-electron chi connectivity index (χ1n) is 8.49. The number of halogens is 1. The van der Waals surface area contributed by atoms with Crippen LogP contribution in [-0.2, 0) is 14.3 Å². The van der Waals surface area contributed by atoms with Crippen LogP contribution >= 0.6 is 11.6 Å². The van der Waals surface area contributed by atoms with Gasteiger partial charge in [0, 0.05) is 6.20 Å². The van der Waals surface area contributed by atoms with Gasteiger partial charge in [-0.15, -0.1) is 0 Å². The number of pyridine rings is 1. The van der Waals surface area contributed by atoms with E-state index in [0.29, 0.717) is 17.2 Å². The predicted octanol–water partition coefficient (Wildman–Crippen LogP) is 3.73. The maximum Gasteiger partial charge on any atom is 0.344 e. The molecule has 1 heterocycles. The molecule has 0 saturated carbocycles. The Balaban J connectivity index is 1.89. The van der Waals surface area contributed by atoms with Gasteiger partial charge >= 0.3 is 5.97 Å². The molecule has 148 valence electrons. The molecule has 28 heavy (non-hydrogen) atoms. The van der Waals surface area contributed by atoms with E-state index in [1.165, 1.54) is 20.2 Å². The van der Waals surface area contributed by atoms with Crippen molar-refractivity contribution in [3.05, 3.63) is 53.3 Å². The average molecular weight is 405 g/mol. The van der Waals surface area contributed by atoms with Gasteiger partial charge in [0.2, 0.25) is 0 Å². The van der Waals surface area contributed by atoms with E-state index in [9.17, 15) is 9.59 Å². The number of aromatic nitrogens is 1. The van der Waals surface area contributed by atoms with Crippen LogP contribution < -0.4 is 14.8 Å². The third kappa shape index (κ3) is 5.99. The third-order valence-corrected chi connectivity index (χ3v) is 3.89. The highest BCUT2D eigenvalue weighted by atomic mass is 35.5. The molecular weight excluding hydrogens is 384 g/mol. The number of ether oxygens (including phenoxy) is 3. The van der Waals surface area contributed by atoms with E-state index in [4.69, 9.17) is 25.8 Å². The van der Waals surface area contributed by atoms with Crippen molar-refractivity contribution in [1.82, 2.24) is 4.98 Å². The summed E-state index contributed by atoms with van der Waals surface area (Å²) in [7, 11) is 1.51. The fourth-order valence-corrected chi connectivity index (χ4v) is 2.40. The van der Waals surface area contributed by atoms with E-state index in [1.54, 1.807) is 24.3 Å². The summed E-state index contributed by atoms with van der Waals surface area (Å²) < 4.78 is 15.8. The molecule has 0 aliphatic carbocycles. The number of carbonyl (C=O) groups is 2. The molecule has 0 aliphatic heterocycles. The lowest BCUT2D eigenvalue weighted by molar-refractivity contribution is -0.155. The smallest absolute Gasteiger partial charge is 0.344 e. The van der Waals surface area contributed by atoms with Gasteiger partial charge < -0.3 is 19.5 Å². The van der Waals surface area contributed by atoms with Gasteiger partial charge in [0.15, 0.2) is 29.4 Å². The van der Waals surface area contributed by atoms with Crippen LogP contribution in [0.1, 0.15) is 19.4 Å². The van der Waals surface area contributed by atoms with Crippen LogP contribution in [0.4, 0.5) is 5.69 Å². The number of nitrogens with one attached hydrogen (secondary N) is 1. The molecule has 0 unspecified atom stereocenters. The summed E-state index contributed by atoms with van der Waals surface area (Å²) in [4.78, 5) is 28.0. The largest absolute Gasteiger partial charge is 0.493 e. The van der Waals surface area contributed by atoms with Gasteiger partial charge in [-0.25, -0.2) is 9.78 Å². The van der Waals surface area contributed by atoms with Crippen LogP contribution in [0.25, 0.3) is 6.08 Å². The van der Waals surface area contributed by atoms with Gasteiger partial charge in [-0.2, -0.15) is 0 Å². The number of rotatable bonds is 8. The molecule has 1 N–H and O–H groups in total. The fourth-order valence-electron chi connectivity index (χ4n) is 2.23. The highest BCUT2D eigenvalue weighted by molar-refractivity contribution is 6.32. The van der Waals surface area contributed by atoms with E-state index in [-0.39, 0.29) is 11.8 Å². The first kappa shape index (κ1) is 21.2. The molecule has 1 aromatic carbocycles. The third-order valence-electron chi connectivity index (χ3n) is 3.59. The van der Waals surface area contributed by atoms with E-state index in [2.05, 4.69) is 10.3 Å². The van der Waals surface area contributed by atoms with Crippen molar-refractivity contribution in [1.29, 1.82) is 0 Å². The Bertz CT molecular complexity index is 869. The Morgan fingerprint density at radius 3 is 2.75 bits per heavy atom. The van der Waals surface area contributed by atoms with E-state index in [1.807, 2.05) is 25.1 Å². The molecule has 2 aromatic rings. The van der Waals surface area contributed by atoms with Crippen LogP contribution in [0.3, 0.4) is 0 Å². The number of nitrogens with zero attached hydrogens (tertiary/aromatic N) is 1. The molecule has 0 bridgehead atoms.